The predicted octanol–water partition coefficient (Wildman–Crippen LogP) is 1.10. The normalized spacial score (nSPS) is 10.9. The zero-order valence-electron chi connectivity index (χ0n) is 17.6. The van der Waals surface area contributed by atoms with Gasteiger partial charge in [-0.05, 0) is 41.7 Å². The molecule has 4 rings (SSSR count). The summed E-state index contributed by atoms with van der Waals surface area (Å²) in [5, 5.41) is 22.0. The second-order valence-corrected chi connectivity index (χ2v) is 7.31. The number of carbonyl (C=O) groups is 1. The van der Waals surface area contributed by atoms with E-state index in [-0.39, 0.29) is 0 Å². The highest BCUT2D eigenvalue weighted by molar-refractivity contribution is 6.58. The van der Waals surface area contributed by atoms with Gasteiger partial charge in [0.05, 0.1) is 23.9 Å². The van der Waals surface area contributed by atoms with Crippen molar-refractivity contribution in [3.05, 3.63) is 71.4 Å². The second-order valence-electron chi connectivity index (χ2n) is 7.31. The van der Waals surface area contributed by atoms with Crippen LogP contribution in [-0.2, 0) is 6.54 Å². The van der Waals surface area contributed by atoms with E-state index in [0.29, 0.717) is 40.6 Å². The molecule has 0 bridgehead atoms. The fourth-order valence-electron chi connectivity index (χ4n) is 3.60. The topological polar surface area (TPSA) is 135 Å². The third kappa shape index (κ3) is 4.14. The van der Waals surface area contributed by atoms with Gasteiger partial charge < -0.3 is 30.2 Å². The van der Waals surface area contributed by atoms with Crippen LogP contribution in [0.25, 0.3) is 17.0 Å². The van der Waals surface area contributed by atoms with E-state index in [1.807, 2.05) is 29.7 Å². The van der Waals surface area contributed by atoms with Gasteiger partial charge in [0.2, 0.25) is 5.88 Å². The van der Waals surface area contributed by atoms with Crippen LogP contribution in [0.2, 0.25) is 0 Å². The van der Waals surface area contributed by atoms with Gasteiger partial charge in [0.1, 0.15) is 5.82 Å². The molecule has 1 amide bonds. The van der Waals surface area contributed by atoms with Crippen molar-refractivity contribution in [3.63, 3.8) is 0 Å². The van der Waals surface area contributed by atoms with E-state index in [1.54, 1.807) is 36.4 Å². The molecule has 5 N–H and O–H groups in total. The lowest BCUT2D eigenvalue weighted by Gasteiger charge is -2.11. The molecule has 0 spiro atoms. The number of pyridine rings is 1. The maximum Gasteiger partial charge on any atom is 0.488 e. The lowest BCUT2D eigenvalue weighted by Crippen LogP contribution is -2.30. The molecule has 3 aromatic heterocycles. The Kier molecular flexibility index (Phi) is 5.80. The maximum absolute atomic E-state index is 11.8. The molecule has 0 saturated carbocycles. The van der Waals surface area contributed by atoms with Crippen molar-refractivity contribution < 1.29 is 19.6 Å². The Labute approximate surface area is 184 Å². The largest absolute Gasteiger partial charge is 0.488 e. The fraction of sp³-hybridized carbons (Fsp3) is 0.136. The SMILES string of the molecule is COc1cc(NCc2cccc(B(O)O)c2)nc(-c2c(C)cc3c(C(N)=O)cccn23)n1. The Bertz CT molecular complexity index is 1300. The number of ether oxygens (including phenoxy) is 1. The van der Waals surface area contributed by atoms with Crippen molar-refractivity contribution in [3.8, 4) is 17.4 Å². The summed E-state index contributed by atoms with van der Waals surface area (Å²) in [6.45, 7) is 2.31. The zero-order valence-corrected chi connectivity index (χ0v) is 17.6. The lowest BCUT2D eigenvalue weighted by molar-refractivity contribution is 0.100. The van der Waals surface area contributed by atoms with Crippen LogP contribution in [0.5, 0.6) is 5.88 Å². The van der Waals surface area contributed by atoms with Gasteiger partial charge in [-0.15, -0.1) is 0 Å². The number of nitrogens with zero attached hydrogens (tertiary/aromatic N) is 3. The van der Waals surface area contributed by atoms with Crippen LogP contribution in [0.1, 0.15) is 21.5 Å². The van der Waals surface area contributed by atoms with Crippen molar-refractivity contribution in [2.24, 2.45) is 5.73 Å². The van der Waals surface area contributed by atoms with Gasteiger partial charge in [-0.1, -0.05) is 24.3 Å². The van der Waals surface area contributed by atoms with Crippen LogP contribution in [0.15, 0.2) is 54.7 Å². The van der Waals surface area contributed by atoms with Crippen molar-refractivity contribution in [1.82, 2.24) is 14.4 Å². The predicted molar refractivity (Wildman–Crippen MR) is 122 cm³/mol. The van der Waals surface area contributed by atoms with Crippen molar-refractivity contribution in [1.29, 1.82) is 0 Å². The summed E-state index contributed by atoms with van der Waals surface area (Å²) in [6, 6.07) is 13.9. The zero-order chi connectivity index (χ0) is 22.8. The number of aryl methyl sites for hydroxylation is 1. The first-order valence-electron chi connectivity index (χ1n) is 9.90. The van der Waals surface area contributed by atoms with E-state index < -0.39 is 13.0 Å². The van der Waals surface area contributed by atoms with E-state index in [1.165, 1.54) is 7.11 Å². The monoisotopic (exact) mass is 431 g/mol. The smallest absolute Gasteiger partial charge is 0.481 e. The van der Waals surface area contributed by atoms with Crippen LogP contribution >= 0.6 is 0 Å². The standard InChI is InChI=1S/C22H22BN5O4/c1-13-9-17-16(21(24)29)7-4-8-28(17)20(13)22-26-18(11-19(27-22)32-2)25-12-14-5-3-6-15(10-14)23(30)31/h3-11,30-31H,12H2,1-2H3,(H2,24,29)(H,25,26,27). The fourth-order valence-corrected chi connectivity index (χ4v) is 3.60. The number of methoxy groups -OCH3 is 1. The summed E-state index contributed by atoms with van der Waals surface area (Å²) in [7, 11) is -0.00681. The quantitative estimate of drug-likeness (QED) is 0.322. The second kappa shape index (κ2) is 8.70. The van der Waals surface area contributed by atoms with Crippen LogP contribution in [0.3, 0.4) is 0 Å². The van der Waals surface area contributed by atoms with Crippen molar-refractivity contribution in [2.45, 2.75) is 13.5 Å². The Morgan fingerprint density at radius 2 is 2.00 bits per heavy atom. The highest BCUT2D eigenvalue weighted by atomic mass is 16.5. The van der Waals surface area contributed by atoms with Gasteiger partial charge in [0.15, 0.2) is 5.82 Å². The molecule has 0 fully saturated rings. The highest BCUT2D eigenvalue weighted by Gasteiger charge is 2.18. The molecule has 0 aliphatic carbocycles. The number of rotatable bonds is 7. The van der Waals surface area contributed by atoms with Gasteiger partial charge in [-0.3, -0.25) is 4.79 Å². The number of amides is 1. The number of anilines is 1. The van der Waals surface area contributed by atoms with E-state index in [0.717, 1.165) is 16.8 Å². The minimum Gasteiger partial charge on any atom is -0.481 e. The summed E-state index contributed by atoms with van der Waals surface area (Å²) >= 11 is 0. The first kappa shape index (κ1) is 21.4. The number of hydrogen-bond donors (Lipinski definition) is 4. The molecule has 3 heterocycles. The minimum atomic E-state index is -1.53. The number of nitrogens with two attached hydrogens (primary N) is 1. The van der Waals surface area contributed by atoms with Crippen LogP contribution in [-0.4, -0.2) is 44.6 Å². The Hall–Kier alpha value is -3.89. The molecule has 0 unspecified atom stereocenters. The number of benzene rings is 1. The number of fused-ring (bicyclic) bond motifs is 1. The third-order valence-electron chi connectivity index (χ3n) is 5.11. The number of nitrogens with one attached hydrogen (secondary N) is 1. The molecule has 32 heavy (non-hydrogen) atoms. The molecular formula is C22H22BN5O4. The van der Waals surface area contributed by atoms with Crippen molar-refractivity contribution >= 4 is 29.8 Å². The molecule has 0 aliphatic heterocycles. The summed E-state index contributed by atoms with van der Waals surface area (Å²) in [4.78, 5) is 21.0. The maximum atomic E-state index is 11.8. The average molecular weight is 431 g/mol. The summed E-state index contributed by atoms with van der Waals surface area (Å²) in [6.07, 6.45) is 1.83. The van der Waals surface area contributed by atoms with Crippen LogP contribution in [0.4, 0.5) is 5.82 Å². The molecule has 0 aliphatic rings. The lowest BCUT2D eigenvalue weighted by atomic mass is 9.80. The Balaban J connectivity index is 1.72. The number of hydrogen-bond acceptors (Lipinski definition) is 7. The van der Waals surface area contributed by atoms with Gasteiger partial charge in [0, 0.05) is 18.8 Å². The number of primary amides is 1. The molecule has 162 valence electrons. The molecule has 9 nitrogen and oxygen atoms in total. The number of aromatic nitrogens is 3. The summed E-state index contributed by atoms with van der Waals surface area (Å²) in [5.41, 5.74) is 9.47. The molecule has 0 atom stereocenters. The number of carbonyl (C=O) groups excluding carboxylic acids is 1. The molecule has 0 radical (unpaired) electrons. The summed E-state index contributed by atoms with van der Waals surface area (Å²) in [5.74, 6) is 0.814. The summed E-state index contributed by atoms with van der Waals surface area (Å²) < 4.78 is 7.20. The first-order chi connectivity index (χ1) is 15.4. The Morgan fingerprint density at radius 1 is 1.19 bits per heavy atom. The van der Waals surface area contributed by atoms with Crippen LogP contribution < -0.4 is 21.3 Å². The molecule has 4 aromatic rings. The molecule has 0 saturated heterocycles. The van der Waals surface area contributed by atoms with E-state index in [2.05, 4.69) is 15.3 Å². The van der Waals surface area contributed by atoms with Gasteiger partial charge in [-0.2, -0.15) is 4.98 Å². The van der Waals surface area contributed by atoms with Gasteiger partial charge in [0.25, 0.3) is 5.91 Å². The molecular weight excluding hydrogens is 409 g/mol. The van der Waals surface area contributed by atoms with E-state index >= 15 is 0 Å². The van der Waals surface area contributed by atoms with Crippen molar-refractivity contribution in [2.75, 3.05) is 12.4 Å². The van der Waals surface area contributed by atoms with Crippen LogP contribution in [0, 0.1) is 6.92 Å². The highest BCUT2D eigenvalue weighted by Crippen LogP contribution is 2.29. The minimum absolute atomic E-state index is 0.373. The van der Waals surface area contributed by atoms with E-state index in [9.17, 15) is 14.8 Å². The third-order valence-corrected chi connectivity index (χ3v) is 5.11. The van der Waals surface area contributed by atoms with Gasteiger partial charge in [-0.25, -0.2) is 4.98 Å². The molecule has 10 heteroatoms. The molecule has 1 aromatic carbocycles. The average Bonchev–Trinajstić information content (AvgIpc) is 3.13. The van der Waals surface area contributed by atoms with Gasteiger partial charge >= 0.3 is 7.12 Å². The Morgan fingerprint density at radius 3 is 2.72 bits per heavy atom. The van der Waals surface area contributed by atoms with E-state index in [4.69, 9.17) is 10.5 Å². The first-order valence-corrected chi connectivity index (χ1v) is 9.90.